The zero-order chi connectivity index (χ0) is 37.6. The molecule has 3 heteroatoms. The van der Waals surface area contributed by atoms with Crippen molar-refractivity contribution in [3.05, 3.63) is 161 Å². The summed E-state index contributed by atoms with van der Waals surface area (Å²) in [6, 6.07) is 49.3. The van der Waals surface area contributed by atoms with E-state index >= 15 is 0 Å². The lowest BCUT2D eigenvalue weighted by Crippen LogP contribution is -2.17. The Morgan fingerprint density at radius 3 is 1.89 bits per heavy atom. The first-order chi connectivity index (χ1) is 26.4. The monoisotopic (exact) mass is 713 g/mol. The molecule has 2 heterocycles. The summed E-state index contributed by atoms with van der Waals surface area (Å²) in [4.78, 5) is 2.45. The molecular weight excluding hydrogens is 671 g/mol. The van der Waals surface area contributed by atoms with E-state index in [1.165, 1.54) is 60.8 Å². The van der Waals surface area contributed by atoms with Crippen LogP contribution in [0.2, 0.25) is 0 Å². The summed E-state index contributed by atoms with van der Waals surface area (Å²) in [5.41, 5.74) is 18.6. The summed E-state index contributed by atoms with van der Waals surface area (Å²) < 4.78 is 13.0. The highest BCUT2D eigenvalue weighted by molar-refractivity contribution is 6.14. The van der Waals surface area contributed by atoms with Gasteiger partial charge in [0.25, 0.3) is 0 Å². The first kappa shape index (κ1) is 32.4. The van der Waals surface area contributed by atoms with Crippen LogP contribution in [0.15, 0.2) is 142 Å². The van der Waals surface area contributed by atoms with E-state index in [4.69, 9.17) is 8.83 Å². The quantitative estimate of drug-likeness (QED) is 0.183. The molecule has 0 aliphatic heterocycles. The van der Waals surface area contributed by atoms with Crippen LogP contribution in [0.1, 0.15) is 76.3 Å². The Labute approximate surface area is 321 Å². The third kappa shape index (κ3) is 4.44. The summed E-state index contributed by atoms with van der Waals surface area (Å²) >= 11 is 0. The van der Waals surface area contributed by atoms with Crippen LogP contribution < -0.4 is 4.90 Å². The van der Waals surface area contributed by atoms with Gasteiger partial charge in [0, 0.05) is 38.4 Å². The topological polar surface area (TPSA) is 29.5 Å². The average molecular weight is 714 g/mol. The highest BCUT2D eigenvalue weighted by atomic mass is 16.3. The second kappa shape index (κ2) is 10.8. The molecule has 55 heavy (non-hydrogen) atoms. The normalized spacial score (nSPS) is 15.1. The van der Waals surface area contributed by atoms with E-state index in [0.717, 1.165) is 50.2 Å². The van der Waals surface area contributed by atoms with Crippen molar-refractivity contribution in [3.8, 4) is 22.3 Å². The number of rotatable bonds is 3. The van der Waals surface area contributed by atoms with E-state index in [2.05, 4.69) is 181 Å². The van der Waals surface area contributed by atoms with E-state index in [-0.39, 0.29) is 16.2 Å². The predicted octanol–water partition coefficient (Wildman–Crippen LogP) is 14.9. The molecule has 0 amide bonds. The number of hydrogen-bond acceptors (Lipinski definition) is 3. The van der Waals surface area contributed by atoms with Crippen LogP contribution in [-0.4, -0.2) is 0 Å². The maximum absolute atomic E-state index is 6.54. The van der Waals surface area contributed by atoms with Gasteiger partial charge in [-0.05, 0) is 122 Å². The van der Waals surface area contributed by atoms with Gasteiger partial charge in [-0.15, -0.1) is 0 Å². The van der Waals surface area contributed by atoms with Gasteiger partial charge in [0.2, 0.25) is 0 Å². The number of hydrogen-bond donors (Lipinski definition) is 0. The second-order valence-electron chi connectivity index (χ2n) is 17.8. The Hall–Kier alpha value is -6.06. The highest BCUT2D eigenvalue weighted by Gasteiger charge is 2.38. The Bertz CT molecular complexity index is 3090. The van der Waals surface area contributed by atoms with Crippen molar-refractivity contribution >= 4 is 60.9 Å². The van der Waals surface area contributed by atoms with Crippen molar-refractivity contribution in [3.63, 3.8) is 0 Å². The predicted molar refractivity (Wildman–Crippen MR) is 230 cm³/mol. The molecule has 0 fully saturated rings. The van der Waals surface area contributed by atoms with Gasteiger partial charge in [0.1, 0.15) is 22.3 Å². The number of benzene rings is 7. The van der Waals surface area contributed by atoms with Gasteiger partial charge < -0.3 is 13.7 Å². The lowest BCUT2D eigenvalue weighted by atomic mass is 9.82. The van der Waals surface area contributed by atoms with Crippen LogP contribution in [0.25, 0.3) is 66.1 Å². The first-order valence-corrected chi connectivity index (χ1v) is 19.5. The van der Waals surface area contributed by atoms with Gasteiger partial charge in [-0.2, -0.15) is 0 Å². The average Bonchev–Trinajstić information content (AvgIpc) is 3.86. The van der Waals surface area contributed by atoms with Gasteiger partial charge in [-0.3, -0.25) is 0 Å². The molecule has 11 rings (SSSR count). The Kier molecular flexibility index (Phi) is 6.35. The summed E-state index contributed by atoms with van der Waals surface area (Å²) in [5, 5.41) is 4.57. The molecule has 3 nitrogen and oxygen atoms in total. The highest BCUT2D eigenvalue weighted by Crippen LogP contribution is 2.55. The zero-order valence-corrected chi connectivity index (χ0v) is 32.5. The molecule has 268 valence electrons. The molecule has 0 saturated heterocycles. The third-order valence-corrected chi connectivity index (χ3v) is 12.8. The van der Waals surface area contributed by atoms with Crippen LogP contribution in [0.4, 0.5) is 17.1 Å². The molecule has 0 saturated carbocycles. The number of para-hydroxylation sites is 1. The van der Waals surface area contributed by atoms with Crippen molar-refractivity contribution in [2.75, 3.05) is 4.90 Å². The summed E-state index contributed by atoms with van der Waals surface area (Å²) in [7, 11) is 0. The number of anilines is 3. The minimum absolute atomic E-state index is 0.0419. The maximum Gasteiger partial charge on any atom is 0.137 e. The van der Waals surface area contributed by atoms with Crippen molar-refractivity contribution < 1.29 is 8.83 Å². The van der Waals surface area contributed by atoms with E-state index in [0.29, 0.717) is 0 Å². The fourth-order valence-corrected chi connectivity index (χ4v) is 9.81. The van der Waals surface area contributed by atoms with Crippen LogP contribution in [-0.2, 0) is 16.2 Å². The van der Waals surface area contributed by atoms with Gasteiger partial charge in [-0.1, -0.05) is 115 Å². The molecule has 0 spiro atoms. The molecule has 0 bridgehead atoms. The van der Waals surface area contributed by atoms with Crippen LogP contribution in [0, 0.1) is 0 Å². The molecule has 0 radical (unpaired) electrons. The van der Waals surface area contributed by atoms with Crippen molar-refractivity contribution in [2.24, 2.45) is 0 Å². The van der Waals surface area contributed by atoms with Crippen LogP contribution in [0.3, 0.4) is 0 Å². The molecular formula is C52H43NO2. The molecule has 0 atom stereocenters. The Balaban J connectivity index is 1.16. The minimum Gasteiger partial charge on any atom is -0.456 e. The number of furan rings is 2. The van der Waals surface area contributed by atoms with E-state index in [9.17, 15) is 0 Å². The molecule has 2 aliphatic carbocycles. The van der Waals surface area contributed by atoms with Gasteiger partial charge in [-0.25, -0.2) is 0 Å². The second-order valence-corrected chi connectivity index (χ2v) is 17.8. The lowest BCUT2D eigenvalue weighted by molar-refractivity contribution is 0.590. The van der Waals surface area contributed by atoms with Crippen molar-refractivity contribution in [2.45, 2.75) is 64.7 Å². The Morgan fingerprint density at radius 2 is 1.05 bits per heavy atom. The fraction of sp³-hybridized carbons (Fsp3) is 0.192. The van der Waals surface area contributed by atoms with Crippen molar-refractivity contribution in [1.29, 1.82) is 0 Å². The van der Waals surface area contributed by atoms with E-state index < -0.39 is 0 Å². The fourth-order valence-electron chi connectivity index (χ4n) is 9.81. The van der Waals surface area contributed by atoms with Gasteiger partial charge in [0.05, 0.1) is 11.1 Å². The molecule has 2 aromatic heterocycles. The number of nitrogens with zero attached hydrogens (tertiary/aromatic N) is 1. The molecule has 9 aromatic rings. The molecule has 0 unspecified atom stereocenters. The van der Waals surface area contributed by atoms with Gasteiger partial charge >= 0.3 is 0 Å². The largest absolute Gasteiger partial charge is 0.456 e. The van der Waals surface area contributed by atoms with E-state index in [1.54, 1.807) is 0 Å². The summed E-state index contributed by atoms with van der Waals surface area (Å²) in [6.07, 6.45) is 0. The minimum atomic E-state index is -0.193. The Morgan fingerprint density at radius 1 is 0.436 bits per heavy atom. The first-order valence-electron chi connectivity index (χ1n) is 19.5. The van der Waals surface area contributed by atoms with Crippen molar-refractivity contribution in [1.82, 2.24) is 0 Å². The smallest absolute Gasteiger partial charge is 0.137 e. The lowest BCUT2D eigenvalue weighted by Gasteiger charge is -2.29. The molecule has 2 aliphatic rings. The van der Waals surface area contributed by atoms with Crippen LogP contribution >= 0.6 is 0 Å². The van der Waals surface area contributed by atoms with E-state index in [1.807, 2.05) is 6.07 Å². The van der Waals surface area contributed by atoms with Crippen LogP contribution in [0.5, 0.6) is 0 Å². The number of fused-ring (bicyclic) bond motifs is 12. The molecule has 0 N–H and O–H groups in total. The molecule has 7 aromatic carbocycles. The zero-order valence-electron chi connectivity index (χ0n) is 32.5. The summed E-state index contributed by atoms with van der Waals surface area (Å²) in [6.45, 7) is 16.2. The standard InChI is InChI=1S/C52H43NO2/c1-50(2,3)30-19-24-46-38(25-30)39-28-37-36-26-31(21-23-41(36)52(6,7)43(37)29-48(39)55-46)53(44-16-12-18-47-49(44)35-14-9-11-17-45(35)54-47)32-20-22-34-33-13-8-10-15-40(33)51(4,5)42(34)27-32/h8-29H,1-7H3. The van der Waals surface area contributed by atoms with Gasteiger partial charge in [0.15, 0.2) is 0 Å². The SMILES string of the molecule is CC(C)(C)c1ccc2oc3cc4c(cc3c2c1)-c1cc(N(c2ccc3c(c2)C(C)(C)c2ccccc2-3)c2cccc3oc5ccccc5c23)ccc1C4(C)C. The third-order valence-electron chi connectivity index (χ3n) is 12.8. The maximum atomic E-state index is 6.54. The summed E-state index contributed by atoms with van der Waals surface area (Å²) in [5.74, 6) is 0.